The first-order valence-corrected chi connectivity index (χ1v) is 10.3. The Morgan fingerprint density at radius 3 is 2.83 bits per heavy atom. The summed E-state index contributed by atoms with van der Waals surface area (Å²) in [6, 6.07) is 14.8. The number of aryl methyl sites for hydroxylation is 1. The van der Waals surface area contributed by atoms with Gasteiger partial charge in [0.05, 0.1) is 31.1 Å². The van der Waals surface area contributed by atoms with E-state index < -0.39 is 0 Å². The van der Waals surface area contributed by atoms with E-state index in [0.29, 0.717) is 30.2 Å². The number of ether oxygens (including phenoxy) is 2. The topological polar surface area (TPSA) is 47.7 Å². The van der Waals surface area contributed by atoms with Crippen LogP contribution >= 0.6 is 0 Å². The van der Waals surface area contributed by atoms with Crippen LogP contribution in [0.25, 0.3) is 11.5 Å². The maximum absolute atomic E-state index is 14.3. The van der Waals surface area contributed by atoms with Crippen molar-refractivity contribution < 1.29 is 18.3 Å². The number of hydrogen-bond acceptors (Lipinski definition) is 5. The fourth-order valence-corrected chi connectivity index (χ4v) is 3.78. The van der Waals surface area contributed by atoms with Crippen molar-refractivity contribution in [1.82, 2.24) is 9.88 Å². The van der Waals surface area contributed by atoms with Crippen LogP contribution in [0.5, 0.6) is 5.75 Å². The number of nitrogens with zero attached hydrogens (tertiary/aromatic N) is 2. The predicted octanol–water partition coefficient (Wildman–Crippen LogP) is 4.98. The minimum atomic E-state index is -0.379. The lowest BCUT2D eigenvalue weighted by atomic mass is 10.1. The molecule has 0 N–H and O–H groups in total. The van der Waals surface area contributed by atoms with Gasteiger partial charge in [0.25, 0.3) is 0 Å². The van der Waals surface area contributed by atoms with Gasteiger partial charge in [0.15, 0.2) is 0 Å². The number of methoxy groups -OCH3 is 1. The average Bonchev–Trinajstić information content (AvgIpc) is 3.13. The molecule has 0 saturated carbocycles. The molecule has 0 amide bonds. The molecule has 1 fully saturated rings. The highest BCUT2D eigenvalue weighted by Crippen LogP contribution is 2.29. The maximum atomic E-state index is 14.3. The van der Waals surface area contributed by atoms with Gasteiger partial charge in [0, 0.05) is 13.1 Å². The van der Waals surface area contributed by atoms with Gasteiger partial charge in [-0.3, -0.25) is 4.90 Å². The molecule has 3 aromatic rings. The van der Waals surface area contributed by atoms with E-state index in [1.165, 1.54) is 11.6 Å². The normalized spacial score (nSPS) is 17.2. The first-order valence-electron chi connectivity index (χ1n) is 10.3. The average molecular weight is 410 g/mol. The molecule has 1 aliphatic rings. The zero-order valence-corrected chi connectivity index (χ0v) is 17.4. The summed E-state index contributed by atoms with van der Waals surface area (Å²) in [4.78, 5) is 6.91. The predicted molar refractivity (Wildman–Crippen MR) is 113 cm³/mol. The van der Waals surface area contributed by atoms with E-state index in [2.05, 4.69) is 22.0 Å². The van der Waals surface area contributed by atoms with Gasteiger partial charge in [-0.25, -0.2) is 9.37 Å². The van der Waals surface area contributed by atoms with Crippen molar-refractivity contribution in [3.63, 3.8) is 0 Å². The Morgan fingerprint density at radius 2 is 2.03 bits per heavy atom. The molecular weight excluding hydrogens is 383 g/mol. The molecule has 2 aromatic carbocycles. The zero-order chi connectivity index (χ0) is 20.9. The van der Waals surface area contributed by atoms with Crippen molar-refractivity contribution in [2.45, 2.75) is 39.0 Å². The third-order valence-electron chi connectivity index (χ3n) is 5.46. The number of rotatable bonds is 7. The van der Waals surface area contributed by atoms with Crippen LogP contribution in [0.4, 0.5) is 4.39 Å². The molecule has 1 aliphatic heterocycles. The van der Waals surface area contributed by atoms with E-state index in [1.807, 2.05) is 25.1 Å². The molecule has 0 unspecified atom stereocenters. The van der Waals surface area contributed by atoms with Gasteiger partial charge in [0.2, 0.25) is 5.89 Å². The molecule has 1 atom stereocenters. The van der Waals surface area contributed by atoms with Crippen molar-refractivity contribution in [2.24, 2.45) is 0 Å². The number of likely N-dealkylation sites (tertiary alicyclic amines) is 1. The van der Waals surface area contributed by atoms with Crippen molar-refractivity contribution in [3.8, 4) is 17.2 Å². The van der Waals surface area contributed by atoms with E-state index >= 15 is 0 Å². The Hall–Kier alpha value is -2.70. The first-order chi connectivity index (χ1) is 14.6. The smallest absolute Gasteiger partial charge is 0.229 e. The molecule has 5 nitrogen and oxygen atoms in total. The summed E-state index contributed by atoms with van der Waals surface area (Å²) < 4.78 is 31.4. The van der Waals surface area contributed by atoms with Crippen molar-refractivity contribution in [2.75, 3.05) is 20.2 Å². The van der Waals surface area contributed by atoms with Gasteiger partial charge in [-0.15, -0.1) is 0 Å². The fourth-order valence-electron chi connectivity index (χ4n) is 3.78. The van der Waals surface area contributed by atoms with Crippen LogP contribution < -0.4 is 4.74 Å². The summed E-state index contributed by atoms with van der Waals surface area (Å²) in [6.07, 6.45) is 2.33. The van der Waals surface area contributed by atoms with Gasteiger partial charge < -0.3 is 13.9 Å². The summed E-state index contributed by atoms with van der Waals surface area (Å²) in [5.41, 5.74) is 2.33. The maximum Gasteiger partial charge on any atom is 0.229 e. The van der Waals surface area contributed by atoms with Crippen LogP contribution in [0.15, 0.2) is 52.9 Å². The third-order valence-corrected chi connectivity index (χ3v) is 5.46. The molecule has 1 aromatic heterocycles. The summed E-state index contributed by atoms with van der Waals surface area (Å²) in [6.45, 7) is 4.99. The SMILES string of the molecule is COc1ccc(F)c(-c2nc(CN3CCC[C@H](OCc4ccccc4)C3)c(C)o2)c1. The van der Waals surface area contributed by atoms with Gasteiger partial charge in [-0.2, -0.15) is 0 Å². The zero-order valence-electron chi connectivity index (χ0n) is 17.4. The molecule has 6 heteroatoms. The van der Waals surface area contributed by atoms with Crippen LogP contribution in [0, 0.1) is 12.7 Å². The van der Waals surface area contributed by atoms with E-state index in [-0.39, 0.29) is 17.8 Å². The lowest BCUT2D eigenvalue weighted by Gasteiger charge is -2.32. The van der Waals surface area contributed by atoms with Crippen molar-refractivity contribution in [3.05, 3.63) is 71.4 Å². The van der Waals surface area contributed by atoms with E-state index in [0.717, 1.165) is 31.6 Å². The van der Waals surface area contributed by atoms with Crippen LogP contribution in [0.1, 0.15) is 29.9 Å². The molecule has 0 radical (unpaired) electrons. The fraction of sp³-hybridized carbons (Fsp3) is 0.375. The summed E-state index contributed by atoms with van der Waals surface area (Å²) in [5, 5.41) is 0. The Kier molecular flexibility index (Phi) is 6.45. The molecule has 0 spiro atoms. The second-order valence-electron chi connectivity index (χ2n) is 7.66. The molecule has 0 bridgehead atoms. The van der Waals surface area contributed by atoms with Crippen LogP contribution in [-0.2, 0) is 17.9 Å². The number of benzene rings is 2. The Bertz CT molecular complexity index is 974. The second-order valence-corrected chi connectivity index (χ2v) is 7.66. The third kappa shape index (κ3) is 4.89. The lowest BCUT2D eigenvalue weighted by molar-refractivity contribution is -0.0123. The van der Waals surface area contributed by atoms with Gasteiger partial charge >= 0.3 is 0 Å². The Balaban J connectivity index is 1.40. The summed E-state index contributed by atoms with van der Waals surface area (Å²) in [5.74, 6) is 1.18. The summed E-state index contributed by atoms with van der Waals surface area (Å²) >= 11 is 0. The number of halogens is 1. The Labute approximate surface area is 176 Å². The molecular formula is C24H27FN2O3. The standard InChI is InChI=1S/C24H27FN2O3/c1-17-23(26-24(30-17)21-13-19(28-2)10-11-22(21)25)15-27-12-6-9-20(14-27)29-16-18-7-4-3-5-8-18/h3-5,7-8,10-11,13,20H,6,9,12,14-16H2,1-2H3/t20-/m0/s1. The number of hydrogen-bond donors (Lipinski definition) is 0. The minimum absolute atomic E-state index is 0.196. The van der Waals surface area contributed by atoms with E-state index in [4.69, 9.17) is 13.9 Å². The lowest BCUT2D eigenvalue weighted by Crippen LogP contribution is -2.39. The highest BCUT2D eigenvalue weighted by molar-refractivity contribution is 5.57. The van der Waals surface area contributed by atoms with E-state index in [1.54, 1.807) is 19.2 Å². The second kappa shape index (κ2) is 9.41. The quantitative estimate of drug-likeness (QED) is 0.550. The van der Waals surface area contributed by atoms with Gasteiger partial charge in [-0.1, -0.05) is 30.3 Å². The minimum Gasteiger partial charge on any atom is -0.497 e. The monoisotopic (exact) mass is 410 g/mol. The number of oxazole rings is 1. The van der Waals surface area contributed by atoms with Crippen LogP contribution in [0.2, 0.25) is 0 Å². The van der Waals surface area contributed by atoms with Crippen molar-refractivity contribution in [1.29, 1.82) is 0 Å². The molecule has 158 valence electrons. The molecule has 30 heavy (non-hydrogen) atoms. The largest absolute Gasteiger partial charge is 0.497 e. The van der Waals surface area contributed by atoms with Crippen LogP contribution in [0.3, 0.4) is 0 Å². The Morgan fingerprint density at radius 1 is 1.20 bits per heavy atom. The molecule has 4 rings (SSSR count). The van der Waals surface area contributed by atoms with Gasteiger partial charge in [-0.05, 0) is 50.1 Å². The highest BCUT2D eigenvalue weighted by Gasteiger charge is 2.23. The first kappa shape index (κ1) is 20.6. The van der Waals surface area contributed by atoms with Crippen LogP contribution in [-0.4, -0.2) is 36.2 Å². The van der Waals surface area contributed by atoms with Gasteiger partial charge in [0.1, 0.15) is 17.3 Å². The molecule has 1 saturated heterocycles. The van der Waals surface area contributed by atoms with E-state index in [9.17, 15) is 4.39 Å². The number of piperidine rings is 1. The van der Waals surface area contributed by atoms with Crippen molar-refractivity contribution >= 4 is 0 Å². The molecule has 0 aliphatic carbocycles. The highest BCUT2D eigenvalue weighted by atomic mass is 19.1. The molecule has 2 heterocycles. The summed E-state index contributed by atoms with van der Waals surface area (Å²) in [7, 11) is 1.55. The number of aromatic nitrogens is 1.